The Labute approximate surface area is 109 Å². The zero-order valence-corrected chi connectivity index (χ0v) is 11.7. The molecule has 0 saturated carbocycles. The first kappa shape index (κ1) is 12.9. The Bertz CT molecular complexity index is 419. The first-order chi connectivity index (χ1) is 8.57. The number of nitrogens with one attached hydrogen (secondary N) is 1. The Morgan fingerprint density at radius 2 is 2.22 bits per heavy atom. The average Bonchev–Trinajstić information content (AvgIpc) is 2.70. The van der Waals surface area contributed by atoms with Crippen LogP contribution in [0.3, 0.4) is 0 Å². The molecule has 5 nitrogen and oxygen atoms in total. The summed E-state index contributed by atoms with van der Waals surface area (Å²) in [5, 5.41) is 3.21. The summed E-state index contributed by atoms with van der Waals surface area (Å²) in [4.78, 5) is 10.9. The van der Waals surface area contributed by atoms with Crippen LogP contribution in [0.2, 0.25) is 0 Å². The molecule has 1 aliphatic rings. The van der Waals surface area contributed by atoms with Gasteiger partial charge >= 0.3 is 0 Å². The molecule has 1 fully saturated rings. The summed E-state index contributed by atoms with van der Waals surface area (Å²) >= 11 is 0. The molecule has 1 N–H and O–H groups in total. The number of ether oxygens (including phenoxy) is 1. The maximum absolute atomic E-state index is 5.48. The molecule has 0 bridgehead atoms. The number of rotatable bonds is 4. The van der Waals surface area contributed by atoms with Crippen LogP contribution >= 0.6 is 0 Å². The van der Waals surface area contributed by atoms with Crippen LogP contribution in [-0.4, -0.2) is 36.7 Å². The molecule has 1 saturated heterocycles. The molecular weight excluding hydrogens is 228 g/mol. The van der Waals surface area contributed by atoms with E-state index in [0.29, 0.717) is 5.41 Å². The van der Waals surface area contributed by atoms with Gasteiger partial charge in [0, 0.05) is 19.6 Å². The first-order valence-corrected chi connectivity index (χ1v) is 6.45. The van der Waals surface area contributed by atoms with Crippen molar-refractivity contribution in [2.24, 2.45) is 5.41 Å². The Kier molecular flexibility index (Phi) is 3.59. The maximum Gasteiger partial charge on any atom is 0.204 e. The molecule has 1 aromatic rings. The Balaban J connectivity index is 2.30. The van der Waals surface area contributed by atoms with Gasteiger partial charge in [-0.15, -0.1) is 0 Å². The van der Waals surface area contributed by atoms with E-state index >= 15 is 0 Å². The standard InChI is InChI=1S/C13H22N4O/c1-5-14-11-10(18-4)12(16-9-15-11)17-7-6-13(2,3)8-17/h9H,5-8H2,1-4H3,(H,14,15,16). The maximum atomic E-state index is 5.48. The van der Waals surface area contributed by atoms with E-state index in [1.807, 2.05) is 6.92 Å². The van der Waals surface area contributed by atoms with Gasteiger partial charge in [-0.1, -0.05) is 13.8 Å². The molecule has 0 unspecified atom stereocenters. The third-order valence-corrected chi connectivity index (χ3v) is 3.31. The van der Waals surface area contributed by atoms with Crippen molar-refractivity contribution >= 4 is 11.6 Å². The SMILES string of the molecule is CCNc1ncnc(N2CCC(C)(C)C2)c1OC. The van der Waals surface area contributed by atoms with Crippen molar-refractivity contribution in [3.8, 4) is 5.75 Å². The Hall–Kier alpha value is -1.52. The van der Waals surface area contributed by atoms with Gasteiger partial charge < -0.3 is 15.0 Å². The lowest BCUT2D eigenvalue weighted by atomic mass is 9.93. The summed E-state index contributed by atoms with van der Waals surface area (Å²) in [6.45, 7) is 9.45. The first-order valence-electron chi connectivity index (χ1n) is 6.45. The molecule has 0 aromatic carbocycles. The van der Waals surface area contributed by atoms with Gasteiger partial charge in [-0.2, -0.15) is 0 Å². The molecule has 0 spiro atoms. The predicted octanol–water partition coefficient (Wildman–Crippen LogP) is 2.15. The summed E-state index contributed by atoms with van der Waals surface area (Å²) in [7, 11) is 1.67. The molecule has 5 heteroatoms. The van der Waals surface area contributed by atoms with Gasteiger partial charge in [-0.05, 0) is 18.8 Å². The van der Waals surface area contributed by atoms with Gasteiger partial charge in [-0.25, -0.2) is 9.97 Å². The molecule has 1 aliphatic heterocycles. The van der Waals surface area contributed by atoms with Crippen molar-refractivity contribution < 1.29 is 4.74 Å². The third kappa shape index (κ3) is 2.49. The van der Waals surface area contributed by atoms with Gasteiger partial charge in [-0.3, -0.25) is 0 Å². The minimum atomic E-state index is 0.342. The molecule has 100 valence electrons. The second-order valence-electron chi connectivity index (χ2n) is 5.45. The van der Waals surface area contributed by atoms with Crippen LogP contribution in [0.5, 0.6) is 5.75 Å². The number of methoxy groups -OCH3 is 1. The summed E-state index contributed by atoms with van der Waals surface area (Å²) in [6.07, 6.45) is 2.78. The van der Waals surface area contributed by atoms with E-state index in [2.05, 4.69) is 34.0 Å². The van der Waals surface area contributed by atoms with E-state index in [0.717, 1.165) is 37.0 Å². The van der Waals surface area contributed by atoms with Crippen molar-refractivity contribution in [3.63, 3.8) is 0 Å². The number of aromatic nitrogens is 2. The van der Waals surface area contributed by atoms with Crippen molar-refractivity contribution in [1.29, 1.82) is 0 Å². The van der Waals surface area contributed by atoms with Crippen molar-refractivity contribution in [2.45, 2.75) is 27.2 Å². The lowest BCUT2D eigenvalue weighted by Crippen LogP contribution is -2.24. The smallest absolute Gasteiger partial charge is 0.204 e. The quantitative estimate of drug-likeness (QED) is 0.887. The van der Waals surface area contributed by atoms with Crippen molar-refractivity contribution in [3.05, 3.63) is 6.33 Å². The zero-order valence-electron chi connectivity index (χ0n) is 11.7. The molecule has 18 heavy (non-hydrogen) atoms. The topological polar surface area (TPSA) is 50.3 Å². The van der Waals surface area contributed by atoms with Crippen LogP contribution in [0, 0.1) is 5.41 Å². The number of hydrogen-bond donors (Lipinski definition) is 1. The van der Waals surface area contributed by atoms with E-state index in [9.17, 15) is 0 Å². The fraction of sp³-hybridized carbons (Fsp3) is 0.692. The van der Waals surface area contributed by atoms with E-state index in [4.69, 9.17) is 4.74 Å². The highest BCUT2D eigenvalue weighted by atomic mass is 16.5. The lowest BCUT2D eigenvalue weighted by molar-refractivity contribution is 0.407. The molecule has 0 aliphatic carbocycles. The molecule has 1 aromatic heterocycles. The highest BCUT2D eigenvalue weighted by Gasteiger charge is 2.32. The van der Waals surface area contributed by atoms with Gasteiger partial charge in [0.15, 0.2) is 11.6 Å². The number of hydrogen-bond acceptors (Lipinski definition) is 5. The summed E-state index contributed by atoms with van der Waals surface area (Å²) in [5.41, 5.74) is 0.342. The molecule has 2 rings (SSSR count). The van der Waals surface area contributed by atoms with E-state index in [-0.39, 0.29) is 0 Å². The summed E-state index contributed by atoms with van der Waals surface area (Å²) in [6, 6.07) is 0. The van der Waals surface area contributed by atoms with Crippen LogP contribution in [0.1, 0.15) is 27.2 Å². The van der Waals surface area contributed by atoms with Crippen LogP contribution in [0.4, 0.5) is 11.6 Å². The molecule has 0 amide bonds. The highest BCUT2D eigenvalue weighted by Crippen LogP contribution is 2.38. The monoisotopic (exact) mass is 250 g/mol. The van der Waals surface area contributed by atoms with Crippen LogP contribution in [0.25, 0.3) is 0 Å². The zero-order chi connectivity index (χ0) is 13.2. The average molecular weight is 250 g/mol. The van der Waals surface area contributed by atoms with Gasteiger partial charge in [0.25, 0.3) is 0 Å². The lowest BCUT2D eigenvalue weighted by Gasteiger charge is -2.23. The van der Waals surface area contributed by atoms with E-state index < -0.39 is 0 Å². The van der Waals surface area contributed by atoms with Gasteiger partial charge in [0.2, 0.25) is 5.75 Å². The second kappa shape index (κ2) is 5.00. The second-order valence-corrected chi connectivity index (χ2v) is 5.45. The number of nitrogens with zero attached hydrogens (tertiary/aromatic N) is 3. The highest BCUT2D eigenvalue weighted by molar-refractivity contribution is 5.65. The minimum absolute atomic E-state index is 0.342. The normalized spacial score (nSPS) is 17.9. The predicted molar refractivity (Wildman–Crippen MR) is 73.4 cm³/mol. The fourth-order valence-corrected chi connectivity index (χ4v) is 2.36. The van der Waals surface area contributed by atoms with Crippen LogP contribution < -0.4 is 15.0 Å². The largest absolute Gasteiger partial charge is 0.490 e. The Morgan fingerprint density at radius 1 is 1.44 bits per heavy atom. The van der Waals surface area contributed by atoms with Crippen molar-refractivity contribution in [2.75, 3.05) is 37.0 Å². The van der Waals surface area contributed by atoms with E-state index in [1.165, 1.54) is 6.42 Å². The van der Waals surface area contributed by atoms with Crippen LogP contribution in [-0.2, 0) is 0 Å². The fourth-order valence-electron chi connectivity index (χ4n) is 2.36. The molecular formula is C13H22N4O. The number of anilines is 2. The summed E-state index contributed by atoms with van der Waals surface area (Å²) in [5.74, 6) is 2.42. The Morgan fingerprint density at radius 3 is 2.78 bits per heavy atom. The minimum Gasteiger partial charge on any atom is -0.490 e. The van der Waals surface area contributed by atoms with Gasteiger partial charge in [0.05, 0.1) is 7.11 Å². The molecule has 0 radical (unpaired) electrons. The third-order valence-electron chi connectivity index (χ3n) is 3.31. The molecule has 2 heterocycles. The van der Waals surface area contributed by atoms with Crippen molar-refractivity contribution in [1.82, 2.24) is 9.97 Å². The molecule has 0 atom stereocenters. The van der Waals surface area contributed by atoms with E-state index in [1.54, 1.807) is 13.4 Å². The van der Waals surface area contributed by atoms with Crippen LogP contribution in [0.15, 0.2) is 6.33 Å². The van der Waals surface area contributed by atoms with Gasteiger partial charge in [0.1, 0.15) is 6.33 Å². The summed E-state index contributed by atoms with van der Waals surface area (Å²) < 4.78 is 5.48.